The summed E-state index contributed by atoms with van der Waals surface area (Å²) in [6.07, 6.45) is 5.95. The fourth-order valence-electron chi connectivity index (χ4n) is 6.68. The molecule has 1 aliphatic heterocycles. The summed E-state index contributed by atoms with van der Waals surface area (Å²) in [5.41, 5.74) is -0.599. The van der Waals surface area contributed by atoms with Crippen LogP contribution in [0.4, 0.5) is 0 Å². The zero-order valence-electron chi connectivity index (χ0n) is 16.3. The van der Waals surface area contributed by atoms with Crippen molar-refractivity contribution in [3.8, 4) is 0 Å². The van der Waals surface area contributed by atoms with E-state index in [-0.39, 0.29) is 11.9 Å². The van der Waals surface area contributed by atoms with Crippen molar-refractivity contribution in [2.75, 3.05) is 13.1 Å². The predicted octanol–water partition coefficient (Wildman–Crippen LogP) is 3.22. The van der Waals surface area contributed by atoms with Crippen LogP contribution < -0.4 is 0 Å². The van der Waals surface area contributed by atoms with Crippen LogP contribution >= 0.6 is 0 Å². The van der Waals surface area contributed by atoms with E-state index in [9.17, 15) is 14.7 Å². The lowest BCUT2D eigenvalue weighted by molar-refractivity contribution is -0.201. The Bertz CT molecular complexity index is 756. The number of ether oxygens (including phenoxy) is 1. The van der Waals surface area contributed by atoms with Crippen molar-refractivity contribution in [2.45, 2.75) is 63.1 Å². The molecule has 0 aromatic heterocycles. The van der Waals surface area contributed by atoms with Gasteiger partial charge in [0.05, 0.1) is 11.0 Å². The van der Waals surface area contributed by atoms with E-state index in [4.69, 9.17) is 4.74 Å². The van der Waals surface area contributed by atoms with Gasteiger partial charge in [-0.1, -0.05) is 30.3 Å². The average Bonchev–Trinajstić information content (AvgIpc) is 3.19. The lowest BCUT2D eigenvalue weighted by Crippen LogP contribution is -2.58. The molecule has 28 heavy (non-hydrogen) atoms. The molecule has 1 aromatic carbocycles. The molecular weight excluding hydrogens is 354 g/mol. The molecule has 1 saturated heterocycles. The van der Waals surface area contributed by atoms with Gasteiger partial charge in [-0.05, 0) is 63.2 Å². The van der Waals surface area contributed by atoms with Crippen LogP contribution in [0.3, 0.4) is 0 Å². The Morgan fingerprint density at radius 2 is 1.68 bits per heavy atom. The summed E-state index contributed by atoms with van der Waals surface area (Å²) >= 11 is 0. The van der Waals surface area contributed by atoms with E-state index in [1.165, 1.54) is 0 Å². The molecule has 150 valence electrons. The fraction of sp³-hybridized carbons (Fsp3) is 0.652. The molecule has 1 N–H and O–H groups in total. The number of carbonyl (C=O) groups is 2. The van der Waals surface area contributed by atoms with E-state index >= 15 is 0 Å². The summed E-state index contributed by atoms with van der Waals surface area (Å²) in [5.74, 6) is 0.424. The number of benzene rings is 1. The smallest absolute Gasteiger partial charge is 0.313 e. The summed E-state index contributed by atoms with van der Waals surface area (Å²) in [6.45, 7) is 1.46. The monoisotopic (exact) mass is 383 g/mol. The highest BCUT2D eigenvalue weighted by atomic mass is 16.5. The molecule has 0 radical (unpaired) electrons. The van der Waals surface area contributed by atoms with Crippen molar-refractivity contribution >= 4 is 11.9 Å². The second-order valence-corrected chi connectivity index (χ2v) is 9.69. The zero-order chi connectivity index (χ0) is 19.4. The first-order chi connectivity index (χ1) is 13.5. The molecule has 5 aliphatic rings. The lowest BCUT2D eigenvalue weighted by atomic mass is 9.48. The molecule has 4 saturated carbocycles. The molecule has 1 amide bonds. The highest BCUT2D eigenvalue weighted by molar-refractivity contribution is 5.87. The molecule has 1 heterocycles. The first-order valence-electron chi connectivity index (χ1n) is 10.7. The van der Waals surface area contributed by atoms with Crippen LogP contribution in [-0.4, -0.2) is 40.6 Å². The Kier molecular flexibility index (Phi) is 4.27. The van der Waals surface area contributed by atoms with Gasteiger partial charge in [-0.25, -0.2) is 0 Å². The Balaban J connectivity index is 1.41. The summed E-state index contributed by atoms with van der Waals surface area (Å²) < 4.78 is 6.00. The highest BCUT2D eigenvalue weighted by Gasteiger charge is 2.61. The third kappa shape index (κ3) is 3.04. The number of amides is 1. The van der Waals surface area contributed by atoms with Gasteiger partial charge >= 0.3 is 5.97 Å². The van der Waals surface area contributed by atoms with Gasteiger partial charge in [0.25, 0.3) is 5.91 Å². The first kappa shape index (κ1) is 18.2. The number of rotatable bonds is 4. The van der Waals surface area contributed by atoms with Gasteiger partial charge in [0.2, 0.25) is 6.10 Å². The number of hydrogen-bond donors (Lipinski definition) is 1. The van der Waals surface area contributed by atoms with Crippen molar-refractivity contribution in [1.29, 1.82) is 0 Å². The largest absolute Gasteiger partial charge is 0.447 e. The second-order valence-electron chi connectivity index (χ2n) is 9.69. The van der Waals surface area contributed by atoms with E-state index in [0.717, 1.165) is 63.6 Å². The predicted molar refractivity (Wildman–Crippen MR) is 103 cm³/mol. The van der Waals surface area contributed by atoms with Crippen molar-refractivity contribution in [3.05, 3.63) is 35.9 Å². The highest BCUT2D eigenvalue weighted by Crippen LogP contribution is 2.62. The number of esters is 1. The van der Waals surface area contributed by atoms with Crippen molar-refractivity contribution in [1.82, 2.24) is 4.90 Å². The minimum atomic E-state index is -0.880. The summed E-state index contributed by atoms with van der Waals surface area (Å²) in [4.78, 5) is 28.4. The summed E-state index contributed by atoms with van der Waals surface area (Å²) in [5, 5.41) is 11.0. The third-order valence-electron chi connectivity index (χ3n) is 7.43. The number of aliphatic hydroxyl groups is 1. The molecule has 4 bridgehead atoms. The topological polar surface area (TPSA) is 66.8 Å². The minimum Gasteiger partial charge on any atom is -0.447 e. The van der Waals surface area contributed by atoms with Gasteiger partial charge in [0.15, 0.2) is 0 Å². The number of likely N-dealkylation sites (tertiary alicyclic amines) is 1. The Labute approximate surface area is 166 Å². The Morgan fingerprint density at radius 1 is 1.04 bits per heavy atom. The van der Waals surface area contributed by atoms with Gasteiger partial charge in [-0.15, -0.1) is 0 Å². The molecular formula is C23H29NO4. The SMILES string of the molecule is O=C([C@H](OC(=O)C12C[C@@H]3C[C@@H](CC(O)(C3)C1)C2)c1ccccc1)N1CCCC1. The molecule has 0 spiro atoms. The zero-order valence-corrected chi connectivity index (χ0v) is 16.3. The standard InChI is InChI=1S/C23H29NO4/c25-20(24-8-4-5-9-24)19(18-6-2-1-3-7-18)28-21(26)22-11-16-10-17(12-22)14-23(27,13-16)15-22/h1-3,6-7,16-17,19,27H,4-5,8-15H2/t16-,17+,19-,22?,23?/m1/s1. The van der Waals surface area contributed by atoms with Gasteiger partial charge in [-0.3, -0.25) is 9.59 Å². The van der Waals surface area contributed by atoms with Crippen molar-refractivity contribution in [2.24, 2.45) is 17.3 Å². The quantitative estimate of drug-likeness (QED) is 0.811. The van der Waals surface area contributed by atoms with E-state index in [0.29, 0.717) is 18.3 Å². The number of nitrogens with zero attached hydrogens (tertiary/aromatic N) is 1. The lowest BCUT2D eigenvalue weighted by Gasteiger charge is -2.58. The first-order valence-corrected chi connectivity index (χ1v) is 10.7. The molecule has 2 unspecified atom stereocenters. The van der Waals surface area contributed by atoms with Crippen LogP contribution in [0.15, 0.2) is 30.3 Å². The van der Waals surface area contributed by atoms with Crippen LogP contribution in [0.1, 0.15) is 63.0 Å². The van der Waals surface area contributed by atoms with E-state index < -0.39 is 17.1 Å². The average molecular weight is 383 g/mol. The molecule has 1 aromatic rings. The number of carbonyl (C=O) groups excluding carboxylic acids is 2. The maximum absolute atomic E-state index is 13.4. The Hall–Kier alpha value is -1.88. The van der Waals surface area contributed by atoms with Crippen LogP contribution in [0, 0.1) is 17.3 Å². The molecule has 5 nitrogen and oxygen atoms in total. The summed E-state index contributed by atoms with van der Waals surface area (Å²) in [6, 6.07) is 9.37. The van der Waals surface area contributed by atoms with Gasteiger partial charge in [-0.2, -0.15) is 0 Å². The molecule has 6 rings (SSSR count). The van der Waals surface area contributed by atoms with Crippen LogP contribution in [-0.2, 0) is 14.3 Å². The molecule has 5 atom stereocenters. The van der Waals surface area contributed by atoms with E-state index in [1.54, 1.807) is 0 Å². The second kappa shape index (κ2) is 6.58. The van der Waals surface area contributed by atoms with E-state index in [2.05, 4.69) is 0 Å². The van der Waals surface area contributed by atoms with Gasteiger partial charge < -0.3 is 14.7 Å². The van der Waals surface area contributed by atoms with Crippen molar-refractivity contribution in [3.63, 3.8) is 0 Å². The third-order valence-corrected chi connectivity index (χ3v) is 7.43. The van der Waals surface area contributed by atoms with Crippen molar-refractivity contribution < 1.29 is 19.4 Å². The van der Waals surface area contributed by atoms with Gasteiger partial charge in [0, 0.05) is 18.7 Å². The maximum Gasteiger partial charge on any atom is 0.313 e. The molecule has 4 aliphatic carbocycles. The summed E-state index contributed by atoms with van der Waals surface area (Å²) in [7, 11) is 0. The number of hydrogen-bond acceptors (Lipinski definition) is 4. The van der Waals surface area contributed by atoms with Crippen LogP contribution in [0.5, 0.6) is 0 Å². The van der Waals surface area contributed by atoms with Gasteiger partial charge in [0.1, 0.15) is 0 Å². The van der Waals surface area contributed by atoms with E-state index in [1.807, 2.05) is 35.2 Å². The van der Waals surface area contributed by atoms with Crippen LogP contribution in [0.25, 0.3) is 0 Å². The fourth-order valence-corrected chi connectivity index (χ4v) is 6.68. The normalized spacial score (nSPS) is 37.1. The maximum atomic E-state index is 13.4. The minimum absolute atomic E-state index is 0.111. The molecule has 5 fully saturated rings. The Morgan fingerprint density at radius 3 is 2.29 bits per heavy atom. The van der Waals surface area contributed by atoms with Crippen LogP contribution in [0.2, 0.25) is 0 Å². The molecule has 5 heteroatoms.